The second-order valence-corrected chi connectivity index (χ2v) is 7.82. The van der Waals surface area contributed by atoms with Gasteiger partial charge in [-0.15, -0.1) is 0 Å². The van der Waals surface area contributed by atoms with Crippen molar-refractivity contribution in [3.63, 3.8) is 0 Å². The lowest BCUT2D eigenvalue weighted by molar-refractivity contribution is -0.146. The molecule has 0 unspecified atom stereocenters. The van der Waals surface area contributed by atoms with Gasteiger partial charge in [-0.05, 0) is 30.9 Å². The highest BCUT2D eigenvalue weighted by atomic mass is 16.5. The second kappa shape index (κ2) is 9.20. The summed E-state index contributed by atoms with van der Waals surface area (Å²) in [6, 6.07) is 15.1. The van der Waals surface area contributed by atoms with E-state index < -0.39 is 0 Å². The minimum absolute atomic E-state index is 0.251. The summed E-state index contributed by atoms with van der Waals surface area (Å²) >= 11 is 0. The van der Waals surface area contributed by atoms with E-state index in [1.165, 1.54) is 0 Å². The summed E-state index contributed by atoms with van der Waals surface area (Å²) in [6.07, 6.45) is 1.43. The van der Waals surface area contributed by atoms with Crippen LogP contribution in [0.1, 0.15) is 42.7 Å². The monoisotopic (exact) mass is 410 g/mol. The molecule has 0 saturated carbocycles. The molecular weight excluding hydrogens is 384 g/mol. The molecule has 158 valence electrons. The van der Waals surface area contributed by atoms with Gasteiger partial charge in [0, 0.05) is 11.1 Å². The predicted octanol–water partition coefficient (Wildman–Crippen LogP) is 3.84. The first-order valence-corrected chi connectivity index (χ1v) is 10.4. The first kappa shape index (κ1) is 20.3. The minimum Gasteiger partial charge on any atom is -0.492 e. The molecule has 0 saturated heterocycles. The number of benzene rings is 2. The van der Waals surface area contributed by atoms with Crippen LogP contribution in [-0.4, -0.2) is 38.4 Å². The van der Waals surface area contributed by atoms with Gasteiger partial charge in [0.2, 0.25) is 0 Å². The molecule has 2 aliphatic heterocycles. The molecule has 2 aromatic carbocycles. The van der Waals surface area contributed by atoms with Crippen LogP contribution < -0.4 is 9.47 Å². The van der Waals surface area contributed by atoms with E-state index >= 15 is 0 Å². The van der Waals surface area contributed by atoms with Gasteiger partial charge >= 0.3 is 11.9 Å². The number of hydrogen-bond acceptors (Lipinski definition) is 6. The van der Waals surface area contributed by atoms with Crippen molar-refractivity contribution in [3.05, 3.63) is 59.7 Å². The highest BCUT2D eigenvalue weighted by Crippen LogP contribution is 2.35. The van der Waals surface area contributed by atoms with Gasteiger partial charge < -0.3 is 18.9 Å². The molecule has 0 spiro atoms. The number of carbonyl (C=O) groups is 2. The van der Waals surface area contributed by atoms with E-state index in [1.807, 2.05) is 48.5 Å². The van der Waals surface area contributed by atoms with Crippen LogP contribution in [0.25, 0.3) is 0 Å². The van der Waals surface area contributed by atoms with Crippen LogP contribution >= 0.6 is 0 Å². The maximum absolute atomic E-state index is 12.4. The predicted molar refractivity (Wildman–Crippen MR) is 110 cm³/mol. The van der Waals surface area contributed by atoms with E-state index in [0.29, 0.717) is 39.3 Å². The summed E-state index contributed by atoms with van der Waals surface area (Å²) in [7, 11) is 0. The highest BCUT2D eigenvalue weighted by molar-refractivity contribution is 5.81. The highest BCUT2D eigenvalue weighted by Gasteiger charge is 2.32. The number of fused-ring (bicyclic) bond motifs is 2. The first-order chi connectivity index (χ1) is 14.6. The van der Waals surface area contributed by atoms with E-state index in [4.69, 9.17) is 18.9 Å². The van der Waals surface area contributed by atoms with Crippen molar-refractivity contribution in [1.82, 2.24) is 0 Å². The lowest BCUT2D eigenvalue weighted by Crippen LogP contribution is -2.20. The van der Waals surface area contributed by atoms with Crippen molar-refractivity contribution in [2.45, 2.75) is 31.6 Å². The molecule has 0 N–H and O–H groups in total. The summed E-state index contributed by atoms with van der Waals surface area (Å²) in [5.41, 5.74) is 1.78. The Morgan fingerprint density at radius 2 is 1.27 bits per heavy atom. The maximum atomic E-state index is 12.4. The number of para-hydroxylation sites is 2. The van der Waals surface area contributed by atoms with Crippen LogP contribution in [0, 0.1) is 5.92 Å². The normalized spacial score (nSPS) is 18.9. The lowest BCUT2D eigenvalue weighted by Gasteiger charge is -2.14. The van der Waals surface area contributed by atoms with Gasteiger partial charge in [0.05, 0.1) is 13.2 Å². The number of ether oxygens (including phenoxy) is 4. The quantitative estimate of drug-likeness (QED) is 0.616. The third-order valence-electron chi connectivity index (χ3n) is 5.68. The molecule has 2 aliphatic rings. The van der Waals surface area contributed by atoms with Gasteiger partial charge in [0.1, 0.15) is 36.5 Å². The number of rotatable bonds is 8. The molecule has 0 amide bonds. The minimum atomic E-state index is -0.353. The van der Waals surface area contributed by atoms with Crippen LogP contribution in [0.15, 0.2) is 48.5 Å². The fourth-order valence-corrected chi connectivity index (χ4v) is 3.78. The fraction of sp³-hybridized carbons (Fsp3) is 0.417. The molecule has 0 bridgehead atoms. The second-order valence-electron chi connectivity index (χ2n) is 7.82. The van der Waals surface area contributed by atoms with Crippen molar-refractivity contribution in [1.29, 1.82) is 0 Å². The molecule has 2 heterocycles. The summed E-state index contributed by atoms with van der Waals surface area (Å²) in [4.78, 5) is 24.7. The number of hydrogen-bond donors (Lipinski definition) is 0. The average molecular weight is 410 g/mol. The Balaban J connectivity index is 1.14. The Morgan fingerprint density at radius 1 is 0.833 bits per heavy atom. The first-order valence-electron chi connectivity index (χ1n) is 10.4. The molecule has 6 heteroatoms. The van der Waals surface area contributed by atoms with Crippen LogP contribution in [-0.2, 0) is 19.1 Å². The Hall–Kier alpha value is -3.02. The zero-order valence-electron chi connectivity index (χ0n) is 17.0. The van der Waals surface area contributed by atoms with E-state index in [-0.39, 0.29) is 29.7 Å². The Labute approximate surface area is 176 Å². The molecule has 0 fully saturated rings. The molecule has 2 aromatic rings. The van der Waals surface area contributed by atoms with Gasteiger partial charge in [-0.25, -0.2) is 0 Å². The summed E-state index contributed by atoms with van der Waals surface area (Å²) in [5.74, 6) is 0.569. The summed E-state index contributed by atoms with van der Waals surface area (Å²) < 4.78 is 22.0. The molecular formula is C24H26O6. The summed E-state index contributed by atoms with van der Waals surface area (Å²) in [6.45, 7) is 3.41. The van der Waals surface area contributed by atoms with Crippen molar-refractivity contribution >= 4 is 11.9 Å². The zero-order chi connectivity index (χ0) is 20.9. The standard InChI is InChI=1S/C24H26O6/c1-16(10-12-27-23(25)19-14-29-21-8-4-2-6-17(19)21)11-13-28-24(26)20-15-30-22-9-5-3-7-18(20)22/h2-9,16,19-20H,10-15H2,1H3/t19-,20-/m1/s1. The Kier molecular flexibility index (Phi) is 6.21. The van der Waals surface area contributed by atoms with Crippen LogP contribution in [0.3, 0.4) is 0 Å². The van der Waals surface area contributed by atoms with Gasteiger partial charge in [-0.2, -0.15) is 0 Å². The van der Waals surface area contributed by atoms with Crippen LogP contribution in [0.4, 0.5) is 0 Å². The fourth-order valence-electron chi connectivity index (χ4n) is 3.78. The molecule has 2 atom stereocenters. The molecule has 0 radical (unpaired) electrons. The Bertz CT molecular complexity index is 835. The lowest BCUT2D eigenvalue weighted by atomic mass is 10.0. The zero-order valence-corrected chi connectivity index (χ0v) is 17.0. The van der Waals surface area contributed by atoms with Crippen LogP contribution in [0.5, 0.6) is 11.5 Å². The van der Waals surface area contributed by atoms with Gasteiger partial charge in [-0.1, -0.05) is 43.3 Å². The molecule has 4 rings (SSSR count). The van der Waals surface area contributed by atoms with Crippen molar-refractivity contribution in [3.8, 4) is 11.5 Å². The van der Waals surface area contributed by atoms with E-state index in [0.717, 1.165) is 22.6 Å². The largest absolute Gasteiger partial charge is 0.492 e. The van der Waals surface area contributed by atoms with Gasteiger partial charge in [-0.3, -0.25) is 9.59 Å². The van der Waals surface area contributed by atoms with Crippen LogP contribution in [0.2, 0.25) is 0 Å². The van der Waals surface area contributed by atoms with Crippen molar-refractivity contribution < 1.29 is 28.5 Å². The molecule has 0 aliphatic carbocycles. The third-order valence-corrected chi connectivity index (χ3v) is 5.68. The third kappa shape index (κ3) is 4.42. The summed E-state index contributed by atoms with van der Waals surface area (Å²) in [5, 5.41) is 0. The smallest absolute Gasteiger partial charge is 0.317 e. The Morgan fingerprint density at radius 3 is 1.73 bits per heavy atom. The topological polar surface area (TPSA) is 71.1 Å². The number of esters is 2. The van der Waals surface area contributed by atoms with Crippen molar-refractivity contribution in [2.24, 2.45) is 5.92 Å². The maximum Gasteiger partial charge on any atom is 0.317 e. The van der Waals surface area contributed by atoms with Gasteiger partial charge in [0.15, 0.2) is 0 Å². The number of carbonyl (C=O) groups excluding carboxylic acids is 2. The SMILES string of the molecule is CC(CCOC(=O)[C@@H]1COc2ccccc21)CCOC(=O)[C@@H]1COc2ccccc21. The molecule has 6 nitrogen and oxygen atoms in total. The molecule has 30 heavy (non-hydrogen) atoms. The van der Waals surface area contributed by atoms with E-state index in [9.17, 15) is 9.59 Å². The molecule has 0 aromatic heterocycles. The van der Waals surface area contributed by atoms with E-state index in [2.05, 4.69) is 6.92 Å². The van der Waals surface area contributed by atoms with Gasteiger partial charge in [0.25, 0.3) is 0 Å². The van der Waals surface area contributed by atoms with Crippen molar-refractivity contribution in [2.75, 3.05) is 26.4 Å². The van der Waals surface area contributed by atoms with E-state index in [1.54, 1.807) is 0 Å². The average Bonchev–Trinajstić information content (AvgIpc) is 3.38.